The minimum absolute atomic E-state index is 0.134. The minimum Gasteiger partial charge on any atom is -0.345 e. The summed E-state index contributed by atoms with van der Waals surface area (Å²) in [4.78, 5) is 4.82. The van der Waals surface area contributed by atoms with E-state index in [-0.39, 0.29) is 12.5 Å². The first kappa shape index (κ1) is 18.9. The summed E-state index contributed by atoms with van der Waals surface area (Å²) >= 11 is 0. The van der Waals surface area contributed by atoms with Crippen LogP contribution in [0.1, 0.15) is 69.2 Å². The van der Waals surface area contributed by atoms with Crippen molar-refractivity contribution in [2.45, 2.75) is 106 Å². The first-order valence-electron chi connectivity index (χ1n) is 7.79. The number of ether oxygens (including phenoxy) is 1. The van der Waals surface area contributed by atoms with E-state index in [2.05, 4.69) is 79.0 Å². The van der Waals surface area contributed by atoms with E-state index in [1.165, 1.54) is 0 Å². The third-order valence-electron chi connectivity index (χ3n) is 3.62. The second kappa shape index (κ2) is 8.23. The van der Waals surface area contributed by atoms with Crippen LogP contribution in [0.2, 0.25) is 0 Å². The highest BCUT2D eigenvalue weighted by molar-refractivity contribution is 4.73. The first-order chi connectivity index (χ1) is 8.59. The van der Waals surface area contributed by atoms with Gasteiger partial charge in [-0.3, -0.25) is 9.80 Å². The fraction of sp³-hybridized carbons (Fsp3) is 1.00. The summed E-state index contributed by atoms with van der Waals surface area (Å²) in [5.74, 6) is 0. The molecule has 0 saturated carbocycles. The highest BCUT2D eigenvalue weighted by atomic mass is 16.5. The van der Waals surface area contributed by atoms with Crippen molar-refractivity contribution < 1.29 is 4.74 Å². The standard InChI is InChI=1S/C16H36N2O/c1-11(2)17(12(3)4)15(9)19-16(10)18(13(5)6)14(7)8/h11-16H,1-10H3. The third-order valence-corrected chi connectivity index (χ3v) is 3.62. The predicted molar refractivity (Wildman–Crippen MR) is 84.2 cm³/mol. The molecule has 0 bridgehead atoms. The van der Waals surface area contributed by atoms with Crippen LogP contribution in [0.3, 0.4) is 0 Å². The van der Waals surface area contributed by atoms with Gasteiger partial charge in [-0.05, 0) is 69.2 Å². The summed E-state index contributed by atoms with van der Waals surface area (Å²) in [7, 11) is 0. The van der Waals surface area contributed by atoms with Crippen molar-refractivity contribution in [3.05, 3.63) is 0 Å². The van der Waals surface area contributed by atoms with E-state index >= 15 is 0 Å². The molecule has 3 heteroatoms. The van der Waals surface area contributed by atoms with Crippen molar-refractivity contribution in [3.63, 3.8) is 0 Å². The number of hydrogen-bond acceptors (Lipinski definition) is 3. The molecule has 19 heavy (non-hydrogen) atoms. The predicted octanol–water partition coefficient (Wildman–Crippen LogP) is 3.93. The van der Waals surface area contributed by atoms with Crippen LogP contribution in [0.4, 0.5) is 0 Å². The van der Waals surface area contributed by atoms with E-state index in [0.29, 0.717) is 24.2 Å². The number of rotatable bonds is 8. The molecule has 0 aliphatic heterocycles. The molecular weight excluding hydrogens is 236 g/mol. The van der Waals surface area contributed by atoms with Crippen LogP contribution < -0.4 is 0 Å². The Morgan fingerprint density at radius 1 is 0.474 bits per heavy atom. The Morgan fingerprint density at radius 2 is 0.684 bits per heavy atom. The smallest absolute Gasteiger partial charge is 0.110 e. The van der Waals surface area contributed by atoms with Crippen molar-refractivity contribution in [2.24, 2.45) is 0 Å². The van der Waals surface area contributed by atoms with E-state index in [1.54, 1.807) is 0 Å². The quantitative estimate of drug-likeness (QED) is 0.623. The molecule has 0 heterocycles. The van der Waals surface area contributed by atoms with E-state index in [0.717, 1.165) is 0 Å². The van der Waals surface area contributed by atoms with E-state index in [4.69, 9.17) is 4.74 Å². The fourth-order valence-electron chi connectivity index (χ4n) is 3.30. The summed E-state index contributed by atoms with van der Waals surface area (Å²) in [6.45, 7) is 22.2. The number of nitrogens with zero attached hydrogens (tertiary/aromatic N) is 2. The van der Waals surface area contributed by atoms with E-state index < -0.39 is 0 Å². The molecule has 116 valence electrons. The molecule has 3 nitrogen and oxygen atoms in total. The van der Waals surface area contributed by atoms with Gasteiger partial charge in [0.25, 0.3) is 0 Å². The minimum atomic E-state index is 0.134. The maximum atomic E-state index is 6.27. The van der Waals surface area contributed by atoms with Crippen molar-refractivity contribution in [1.82, 2.24) is 9.80 Å². The molecule has 0 rings (SSSR count). The lowest BCUT2D eigenvalue weighted by Gasteiger charge is -2.41. The average molecular weight is 272 g/mol. The lowest BCUT2D eigenvalue weighted by atomic mass is 10.2. The molecule has 0 saturated heterocycles. The molecule has 0 aromatic rings. The molecular formula is C16H36N2O. The van der Waals surface area contributed by atoms with Crippen LogP contribution in [-0.4, -0.2) is 46.4 Å². The molecule has 0 aliphatic rings. The van der Waals surface area contributed by atoms with Gasteiger partial charge in [-0.15, -0.1) is 0 Å². The van der Waals surface area contributed by atoms with Gasteiger partial charge in [-0.1, -0.05) is 0 Å². The van der Waals surface area contributed by atoms with Crippen molar-refractivity contribution in [3.8, 4) is 0 Å². The van der Waals surface area contributed by atoms with Gasteiger partial charge in [0.05, 0.1) is 0 Å². The lowest BCUT2D eigenvalue weighted by Crippen LogP contribution is -2.51. The molecule has 0 aromatic carbocycles. The van der Waals surface area contributed by atoms with Gasteiger partial charge in [0.2, 0.25) is 0 Å². The largest absolute Gasteiger partial charge is 0.345 e. The van der Waals surface area contributed by atoms with Gasteiger partial charge in [0, 0.05) is 24.2 Å². The Balaban J connectivity index is 4.72. The Morgan fingerprint density at radius 3 is 0.842 bits per heavy atom. The zero-order valence-electron chi connectivity index (χ0n) is 14.8. The maximum Gasteiger partial charge on any atom is 0.110 e. The summed E-state index contributed by atoms with van der Waals surface area (Å²) in [5, 5.41) is 0. The van der Waals surface area contributed by atoms with Crippen molar-refractivity contribution in [2.75, 3.05) is 0 Å². The molecule has 0 amide bonds. The van der Waals surface area contributed by atoms with E-state index in [9.17, 15) is 0 Å². The second-order valence-corrected chi connectivity index (χ2v) is 6.60. The van der Waals surface area contributed by atoms with Crippen LogP contribution in [-0.2, 0) is 4.74 Å². The SMILES string of the molecule is CC(C)N(C(C)C)C(C)OC(C)N(C(C)C)C(C)C. The lowest BCUT2D eigenvalue weighted by molar-refractivity contribution is -0.167. The highest BCUT2D eigenvalue weighted by Gasteiger charge is 2.26. The van der Waals surface area contributed by atoms with Crippen LogP contribution >= 0.6 is 0 Å². The Bertz CT molecular complexity index is 199. The normalized spacial score (nSPS) is 16.4. The van der Waals surface area contributed by atoms with Crippen molar-refractivity contribution >= 4 is 0 Å². The zero-order chi connectivity index (χ0) is 15.3. The molecule has 0 aliphatic carbocycles. The Labute approximate surface area is 121 Å². The molecule has 0 fully saturated rings. The van der Waals surface area contributed by atoms with Gasteiger partial charge in [-0.2, -0.15) is 0 Å². The molecule has 0 radical (unpaired) electrons. The monoisotopic (exact) mass is 272 g/mol. The fourth-order valence-corrected chi connectivity index (χ4v) is 3.30. The highest BCUT2D eigenvalue weighted by Crippen LogP contribution is 2.17. The van der Waals surface area contributed by atoms with Gasteiger partial charge >= 0.3 is 0 Å². The van der Waals surface area contributed by atoms with Crippen molar-refractivity contribution in [1.29, 1.82) is 0 Å². The summed E-state index contributed by atoms with van der Waals surface area (Å²) in [5.41, 5.74) is 0. The molecule has 0 spiro atoms. The molecule has 0 N–H and O–H groups in total. The third kappa shape index (κ3) is 5.80. The summed E-state index contributed by atoms with van der Waals surface area (Å²) in [6, 6.07) is 1.98. The van der Waals surface area contributed by atoms with Gasteiger partial charge < -0.3 is 4.74 Å². The number of hydrogen-bond donors (Lipinski definition) is 0. The molecule has 0 aromatic heterocycles. The maximum absolute atomic E-state index is 6.27. The topological polar surface area (TPSA) is 15.7 Å². The summed E-state index contributed by atoms with van der Waals surface area (Å²) < 4.78 is 6.27. The van der Waals surface area contributed by atoms with Crippen LogP contribution in [0.5, 0.6) is 0 Å². The average Bonchev–Trinajstić information content (AvgIpc) is 2.13. The Hall–Kier alpha value is -0.120. The van der Waals surface area contributed by atoms with Gasteiger partial charge in [-0.25, -0.2) is 0 Å². The first-order valence-corrected chi connectivity index (χ1v) is 7.79. The van der Waals surface area contributed by atoms with Crippen LogP contribution in [0.25, 0.3) is 0 Å². The van der Waals surface area contributed by atoms with E-state index in [1.807, 2.05) is 0 Å². The van der Waals surface area contributed by atoms with Crippen LogP contribution in [0, 0.1) is 0 Å². The van der Waals surface area contributed by atoms with Gasteiger partial charge in [0.1, 0.15) is 12.5 Å². The molecule has 2 atom stereocenters. The van der Waals surface area contributed by atoms with Crippen LogP contribution in [0.15, 0.2) is 0 Å². The van der Waals surface area contributed by atoms with Gasteiger partial charge in [0.15, 0.2) is 0 Å². The second-order valence-electron chi connectivity index (χ2n) is 6.60. The summed E-state index contributed by atoms with van der Waals surface area (Å²) in [6.07, 6.45) is 0.269. The Kier molecular flexibility index (Phi) is 8.18. The zero-order valence-corrected chi connectivity index (χ0v) is 14.8. The molecule has 2 unspecified atom stereocenters.